The molecule has 0 saturated heterocycles. The topological polar surface area (TPSA) is 29.3 Å². The zero-order valence-corrected chi connectivity index (χ0v) is 12.6. The highest BCUT2D eigenvalue weighted by atomic mass is 35.5. The van der Waals surface area contributed by atoms with E-state index in [4.69, 9.17) is 17.3 Å². The standard InChI is InChI=1S/C17H21ClN2/c1-2-3-12-20(14-8-5-4-6-9-14)17-11-7-10-16(18)15(17)13-19/h4-11H,2-3,12-13,19H2,1H3. The maximum absolute atomic E-state index is 6.29. The minimum absolute atomic E-state index is 0.449. The van der Waals surface area contributed by atoms with Crippen LogP contribution in [-0.2, 0) is 6.54 Å². The summed E-state index contributed by atoms with van der Waals surface area (Å²) in [5.74, 6) is 0. The maximum Gasteiger partial charge on any atom is 0.0471 e. The van der Waals surface area contributed by atoms with Gasteiger partial charge in [0.1, 0.15) is 0 Å². The van der Waals surface area contributed by atoms with Gasteiger partial charge in [0.25, 0.3) is 0 Å². The number of hydrogen-bond donors (Lipinski definition) is 1. The van der Waals surface area contributed by atoms with Crippen molar-refractivity contribution >= 4 is 23.0 Å². The second-order valence-corrected chi connectivity index (χ2v) is 5.19. The van der Waals surface area contributed by atoms with Gasteiger partial charge in [0, 0.05) is 35.1 Å². The van der Waals surface area contributed by atoms with Crippen molar-refractivity contribution < 1.29 is 0 Å². The minimum atomic E-state index is 0.449. The number of para-hydroxylation sites is 1. The fourth-order valence-electron chi connectivity index (χ4n) is 2.32. The SMILES string of the molecule is CCCCN(c1ccccc1)c1cccc(Cl)c1CN. The van der Waals surface area contributed by atoms with Crippen LogP contribution in [0.25, 0.3) is 0 Å². The highest BCUT2D eigenvalue weighted by molar-refractivity contribution is 6.31. The third-order valence-electron chi connectivity index (χ3n) is 3.39. The molecule has 2 nitrogen and oxygen atoms in total. The molecule has 0 bridgehead atoms. The van der Waals surface area contributed by atoms with Crippen molar-refractivity contribution in [1.29, 1.82) is 0 Å². The molecule has 106 valence electrons. The molecule has 0 spiro atoms. The second kappa shape index (κ2) is 7.32. The summed E-state index contributed by atoms with van der Waals surface area (Å²) >= 11 is 6.29. The van der Waals surface area contributed by atoms with Crippen LogP contribution in [0, 0.1) is 0 Å². The van der Waals surface area contributed by atoms with Crippen molar-refractivity contribution in [3.8, 4) is 0 Å². The second-order valence-electron chi connectivity index (χ2n) is 4.78. The third-order valence-corrected chi connectivity index (χ3v) is 3.75. The number of rotatable bonds is 6. The molecule has 0 amide bonds. The Labute approximate surface area is 126 Å². The van der Waals surface area contributed by atoms with Crippen LogP contribution < -0.4 is 10.6 Å². The van der Waals surface area contributed by atoms with Gasteiger partial charge in [0.15, 0.2) is 0 Å². The molecule has 2 aromatic carbocycles. The van der Waals surface area contributed by atoms with Gasteiger partial charge in [0.2, 0.25) is 0 Å². The van der Waals surface area contributed by atoms with Crippen molar-refractivity contribution in [2.45, 2.75) is 26.3 Å². The Morgan fingerprint density at radius 3 is 2.45 bits per heavy atom. The van der Waals surface area contributed by atoms with Crippen LogP contribution in [0.5, 0.6) is 0 Å². The summed E-state index contributed by atoms with van der Waals surface area (Å²) in [5.41, 5.74) is 9.18. The van der Waals surface area contributed by atoms with Gasteiger partial charge in [-0.25, -0.2) is 0 Å². The summed E-state index contributed by atoms with van der Waals surface area (Å²) in [7, 11) is 0. The summed E-state index contributed by atoms with van der Waals surface area (Å²) in [5, 5.41) is 0.738. The average Bonchev–Trinajstić information content (AvgIpc) is 2.49. The van der Waals surface area contributed by atoms with Gasteiger partial charge >= 0.3 is 0 Å². The first-order chi connectivity index (χ1) is 9.77. The van der Waals surface area contributed by atoms with Gasteiger partial charge in [-0.3, -0.25) is 0 Å². The summed E-state index contributed by atoms with van der Waals surface area (Å²) in [6, 6.07) is 16.4. The molecular weight excluding hydrogens is 268 g/mol. The predicted octanol–water partition coefficient (Wildman–Crippen LogP) is 4.74. The largest absolute Gasteiger partial charge is 0.341 e. The van der Waals surface area contributed by atoms with Gasteiger partial charge in [0.05, 0.1) is 0 Å². The van der Waals surface area contributed by atoms with E-state index in [2.05, 4.69) is 42.2 Å². The third kappa shape index (κ3) is 3.33. The highest BCUT2D eigenvalue weighted by Gasteiger charge is 2.14. The number of halogens is 1. The summed E-state index contributed by atoms with van der Waals surface area (Å²) in [6.45, 7) is 3.61. The Kier molecular flexibility index (Phi) is 5.45. The molecule has 0 aromatic heterocycles. The Morgan fingerprint density at radius 1 is 1.05 bits per heavy atom. The van der Waals surface area contributed by atoms with Crippen molar-refractivity contribution in [3.05, 3.63) is 59.1 Å². The molecule has 0 atom stereocenters. The fourth-order valence-corrected chi connectivity index (χ4v) is 2.56. The first-order valence-electron chi connectivity index (χ1n) is 7.08. The zero-order valence-electron chi connectivity index (χ0n) is 11.8. The van der Waals surface area contributed by atoms with Gasteiger partial charge in [-0.05, 0) is 30.7 Å². The Balaban J connectivity index is 2.44. The molecule has 0 fully saturated rings. The summed E-state index contributed by atoms with van der Waals surface area (Å²) < 4.78 is 0. The van der Waals surface area contributed by atoms with Crippen molar-refractivity contribution in [1.82, 2.24) is 0 Å². The molecule has 2 N–H and O–H groups in total. The van der Waals surface area contributed by atoms with Crippen LogP contribution in [0.15, 0.2) is 48.5 Å². The molecule has 0 saturated carbocycles. The van der Waals surface area contributed by atoms with E-state index in [1.807, 2.05) is 18.2 Å². The van der Waals surface area contributed by atoms with E-state index in [9.17, 15) is 0 Å². The van der Waals surface area contributed by atoms with Gasteiger partial charge in [-0.2, -0.15) is 0 Å². The van der Waals surface area contributed by atoms with E-state index in [1.54, 1.807) is 0 Å². The van der Waals surface area contributed by atoms with E-state index < -0.39 is 0 Å². The van der Waals surface area contributed by atoms with E-state index >= 15 is 0 Å². The number of hydrogen-bond acceptors (Lipinski definition) is 2. The quantitative estimate of drug-likeness (QED) is 0.832. The lowest BCUT2D eigenvalue weighted by Crippen LogP contribution is -2.20. The molecule has 0 aliphatic carbocycles. The molecule has 0 aliphatic rings. The van der Waals surface area contributed by atoms with E-state index in [0.29, 0.717) is 6.54 Å². The number of anilines is 2. The van der Waals surface area contributed by atoms with Crippen LogP contribution in [0.3, 0.4) is 0 Å². The number of benzene rings is 2. The van der Waals surface area contributed by atoms with Crippen LogP contribution in [-0.4, -0.2) is 6.54 Å². The summed E-state index contributed by atoms with van der Waals surface area (Å²) in [4.78, 5) is 2.30. The van der Waals surface area contributed by atoms with Crippen molar-refractivity contribution in [2.75, 3.05) is 11.4 Å². The molecule has 3 heteroatoms. The average molecular weight is 289 g/mol. The molecule has 0 radical (unpaired) electrons. The Hall–Kier alpha value is -1.51. The fraction of sp³-hybridized carbons (Fsp3) is 0.294. The number of nitrogens with two attached hydrogens (primary N) is 1. The van der Waals surface area contributed by atoms with E-state index in [-0.39, 0.29) is 0 Å². The molecule has 2 rings (SSSR count). The predicted molar refractivity (Wildman–Crippen MR) is 87.7 cm³/mol. The monoisotopic (exact) mass is 288 g/mol. The normalized spacial score (nSPS) is 10.6. The van der Waals surface area contributed by atoms with Gasteiger partial charge in [-0.15, -0.1) is 0 Å². The molecule has 0 aliphatic heterocycles. The van der Waals surface area contributed by atoms with Crippen LogP contribution >= 0.6 is 11.6 Å². The first kappa shape index (κ1) is 14.9. The zero-order chi connectivity index (χ0) is 14.4. The lowest BCUT2D eigenvalue weighted by molar-refractivity contribution is 0.782. The van der Waals surface area contributed by atoms with E-state index in [1.165, 1.54) is 5.69 Å². The molecule has 20 heavy (non-hydrogen) atoms. The molecule has 2 aromatic rings. The number of unbranched alkanes of at least 4 members (excludes halogenated alkanes) is 1. The molecule has 0 heterocycles. The maximum atomic E-state index is 6.29. The Morgan fingerprint density at radius 2 is 1.80 bits per heavy atom. The van der Waals surface area contributed by atoms with Gasteiger partial charge in [-0.1, -0.05) is 49.2 Å². The smallest absolute Gasteiger partial charge is 0.0471 e. The molecule has 0 unspecified atom stereocenters. The van der Waals surface area contributed by atoms with Crippen LogP contribution in [0.4, 0.5) is 11.4 Å². The van der Waals surface area contributed by atoms with E-state index in [0.717, 1.165) is 35.7 Å². The first-order valence-corrected chi connectivity index (χ1v) is 7.45. The highest BCUT2D eigenvalue weighted by Crippen LogP contribution is 2.32. The van der Waals surface area contributed by atoms with Crippen LogP contribution in [0.1, 0.15) is 25.3 Å². The Bertz CT molecular complexity index is 540. The van der Waals surface area contributed by atoms with Crippen molar-refractivity contribution in [3.63, 3.8) is 0 Å². The van der Waals surface area contributed by atoms with Crippen molar-refractivity contribution in [2.24, 2.45) is 5.73 Å². The number of nitrogens with zero attached hydrogens (tertiary/aromatic N) is 1. The lowest BCUT2D eigenvalue weighted by Gasteiger charge is -2.27. The molecular formula is C17H21ClN2. The summed E-state index contributed by atoms with van der Waals surface area (Å²) in [6.07, 6.45) is 2.28. The minimum Gasteiger partial charge on any atom is -0.341 e. The van der Waals surface area contributed by atoms with Gasteiger partial charge < -0.3 is 10.6 Å². The van der Waals surface area contributed by atoms with Crippen LogP contribution in [0.2, 0.25) is 5.02 Å². The lowest BCUT2D eigenvalue weighted by atomic mass is 10.1.